The molecule has 0 unspecified atom stereocenters. The van der Waals surface area contributed by atoms with Crippen LogP contribution in [0.4, 0.5) is 0 Å². The maximum Gasteiger partial charge on any atom is 0.343 e. The molecule has 1 aliphatic heterocycles. The molecule has 3 rings (SSSR count). The van der Waals surface area contributed by atoms with Crippen LogP contribution in [-0.2, 0) is 9.53 Å². The molecule has 104 valence electrons. The number of carbonyl (C=O) groups is 1. The summed E-state index contributed by atoms with van der Waals surface area (Å²) in [5.41, 5.74) is 3.24. The second-order valence-corrected chi connectivity index (χ2v) is 4.96. The summed E-state index contributed by atoms with van der Waals surface area (Å²) in [6, 6.07) is 14.5. The summed E-state index contributed by atoms with van der Waals surface area (Å²) in [4.78, 5) is 11.9. The smallest absolute Gasteiger partial charge is 0.343 e. The Hall–Kier alpha value is -2.81. The highest BCUT2D eigenvalue weighted by Crippen LogP contribution is 2.28. The van der Waals surface area contributed by atoms with Crippen LogP contribution in [0.15, 0.2) is 60.2 Å². The largest absolute Gasteiger partial charge is 0.508 e. The first-order valence-electron chi connectivity index (χ1n) is 6.63. The topological polar surface area (TPSA) is 46.5 Å². The van der Waals surface area contributed by atoms with Crippen LogP contribution in [0.25, 0.3) is 11.8 Å². The van der Waals surface area contributed by atoms with Crippen molar-refractivity contribution < 1.29 is 14.6 Å². The van der Waals surface area contributed by atoms with Gasteiger partial charge < -0.3 is 9.84 Å². The van der Waals surface area contributed by atoms with Gasteiger partial charge in [-0.15, -0.1) is 0 Å². The van der Waals surface area contributed by atoms with E-state index < -0.39 is 0 Å². The van der Waals surface area contributed by atoms with E-state index in [0.29, 0.717) is 11.3 Å². The Labute approximate surface area is 122 Å². The molecule has 3 nitrogen and oxygen atoms in total. The van der Waals surface area contributed by atoms with Gasteiger partial charge in [-0.1, -0.05) is 42.0 Å². The molecule has 0 radical (unpaired) electrons. The van der Waals surface area contributed by atoms with Crippen molar-refractivity contribution in [2.45, 2.75) is 6.92 Å². The Morgan fingerprint density at radius 3 is 2.57 bits per heavy atom. The minimum atomic E-state index is -0.381. The number of hydrogen-bond donors (Lipinski definition) is 1. The van der Waals surface area contributed by atoms with Crippen molar-refractivity contribution in [3.05, 3.63) is 76.9 Å². The lowest BCUT2D eigenvalue weighted by Gasteiger charge is -2.01. The van der Waals surface area contributed by atoms with E-state index >= 15 is 0 Å². The Kier molecular flexibility index (Phi) is 3.32. The minimum Gasteiger partial charge on any atom is -0.508 e. The number of esters is 1. The highest BCUT2D eigenvalue weighted by Gasteiger charge is 2.21. The Morgan fingerprint density at radius 2 is 1.86 bits per heavy atom. The molecular weight excluding hydrogens is 264 g/mol. The highest BCUT2D eigenvalue weighted by atomic mass is 16.5. The van der Waals surface area contributed by atoms with Crippen molar-refractivity contribution in [1.29, 1.82) is 0 Å². The van der Waals surface area contributed by atoms with Crippen LogP contribution in [0.2, 0.25) is 0 Å². The molecule has 0 spiro atoms. The van der Waals surface area contributed by atoms with Crippen molar-refractivity contribution in [3.63, 3.8) is 0 Å². The van der Waals surface area contributed by atoms with E-state index in [1.54, 1.807) is 30.4 Å². The van der Waals surface area contributed by atoms with Crippen LogP contribution in [0, 0.1) is 6.92 Å². The van der Waals surface area contributed by atoms with Crippen molar-refractivity contribution in [2.24, 2.45) is 0 Å². The summed E-state index contributed by atoms with van der Waals surface area (Å²) in [5.74, 6) is 0.332. The fourth-order valence-corrected chi connectivity index (χ4v) is 2.14. The highest BCUT2D eigenvalue weighted by molar-refractivity contribution is 6.05. The van der Waals surface area contributed by atoms with Crippen LogP contribution >= 0.6 is 0 Å². The minimum absolute atomic E-state index is 0.165. The number of rotatable bonds is 2. The predicted octanol–water partition coefficient (Wildman–Crippen LogP) is 3.68. The van der Waals surface area contributed by atoms with Crippen molar-refractivity contribution in [1.82, 2.24) is 0 Å². The molecule has 0 aromatic heterocycles. The molecule has 0 atom stereocenters. The van der Waals surface area contributed by atoms with Crippen LogP contribution in [-0.4, -0.2) is 11.1 Å². The molecule has 0 amide bonds. The fraction of sp³-hybridized carbons (Fsp3) is 0.0556. The van der Waals surface area contributed by atoms with Gasteiger partial charge in [0.2, 0.25) is 0 Å². The number of carbonyl (C=O) groups excluding carboxylic acids is 1. The molecular formula is C18H14O3. The summed E-state index contributed by atoms with van der Waals surface area (Å²) >= 11 is 0. The van der Waals surface area contributed by atoms with Crippen LogP contribution in [0.5, 0.6) is 5.75 Å². The molecule has 3 heteroatoms. The number of ether oxygens (including phenoxy) is 1. The number of benzene rings is 2. The fourth-order valence-electron chi connectivity index (χ4n) is 2.14. The van der Waals surface area contributed by atoms with Gasteiger partial charge >= 0.3 is 5.97 Å². The Bertz CT molecular complexity index is 752. The lowest BCUT2D eigenvalue weighted by molar-refractivity contribution is -0.130. The summed E-state index contributed by atoms with van der Waals surface area (Å²) in [6.07, 6.45) is 3.42. The standard InChI is InChI=1S/C18H14O3/c1-12-5-7-14(8-6-12)17-11-15(18(20)21-17)9-13-3-2-4-16(19)10-13/h2-11,19H,1H3. The zero-order valence-electron chi connectivity index (χ0n) is 11.5. The number of cyclic esters (lactones) is 1. The van der Waals surface area contributed by atoms with Gasteiger partial charge in [0.1, 0.15) is 11.5 Å². The van der Waals surface area contributed by atoms with Gasteiger partial charge in [0.15, 0.2) is 0 Å². The van der Waals surface area contributed by atoms with Gasteiger partial charge in [0.05, 0.1) is 5.57 Å². The lowest BCUT2D eigenvalue weighted by Crippen LogP contribution is -1.97. The first-order chi connectivity index (χ1) is 10.1. The second kappa shape index (κ2) is 5.29. The van der Waals surface area contributed by atoms with Crippen LogP contribution < -0.4 is 0 Å². The number of aryl methyl sites for hydroxylation is 1. The maximum atomic E-state index is 11.9. The number of hydrogen-bond acceptors (Lipinski definition) is 3. The van der Waals surface area contributed by atoms with Crippen LogP contribution in [0.1, 0.15) is 16.7 Å². The van der Waals surface area contributed by atoms with E-state index in [0.717, 1.165) is 16.7 Å². The van der Waals surface area contributed by atoms with E-state index in [4.69, 9.17) is 4.74 Å². The average Bonchev–Trinajstić information content (AvgIpc) is 2.81. The maximum absolute atomic E-state index is 11.9. The van der Waals surface area contributed by atoms with Gasteiger partial charge in [-0.05, 0) is 36.8 Å². The van der Waals surface area contributed by atoms with Crippen LogP contribution in [0.3, 0.4) is 0 Å². The summed E-state index contributed by atoms with van der Waals surface area (Å²) in [7, 11) is 0. The first-order valence-corrected chi connectivity index (χ1v) is 6.63. The number of phenolic OH excluding ortho intramolecular Hbond substituents is 1. The molecule has 2 aromatic carbocycles. The van der Waals surface area contributed by atoms with Crippen molar-refractivity contribution >= 4 is 17.8 Å². The molecule has 0 saturated carbocycles. The van der Waals surface area contributed by atoms with Gasteiger partial charge in [0, 0.05) is 5.56 Å². The van der Waals surface area contributed by atoms with Crippen molar-refractivity contribution in [2.75, 3.05) is 0 Å². The molecule has 21 heavy (non-hydrogen) atoms. The SMILES string of the molecule is Cc1ccc(C2=CC(=Cc3cccc(O)c3)C(=O)O2)cc1. The van der Waals surface area contributed by atoms with E-state index in [1.165, 1.54) is 0 Å². The van der Waals surface area contributed by atoms with Gasteiger partial charge in [-0.25, -0.2) is 4.79 Å². The summed E-state index contributed by atoms with van der Waals surface area (Å²) in [6.45, 7) is 2.01. The molecule has 0 bridgehead atoms. The van der Waals surface area contributed by atoms with Gasteiger partial charge in [0.25, 0.3) is 0 Å². The average molecular weight is 278 g/mol. The Balaban J connectivity index is 1.93. The second-order valence-electron chi connectivity index (χ2n) is 4.96. The summed E-state index contributed by atoms with van der Waals surface area (Å²) in [5, 5.41) is 9.45. The predicted molar refractivity (Wildman–Crippen MR) is 81.3 cm³/mol. The first kappa shape index (κ1) is 13.2. The van der Waals surface area contributed by atoms with Gasteiger partial charge in [-0.3, -0.25) is 0 Å². The van der Waals surface area contributed by atoms with E-state index in [9.17, 15) is 9.90 Å². The molecule has 0 fully saturated rings. The Morgan fingerprint density at radius 1 is 1.10 bits per heavy atom. The molecule has 0 saturated heterocycles. The van der Waals surface area contributed by atoms with E-state index in [-0.39, 0.29) is 11.7 Å². The normalized spacial score (nSPS) is 16.0. The van der Waals surface area contributed by atoms with E-state index in [2.05, 4.69) is 0 Å². The third kappa shape index (κ3) is 2.87. The quantitative estimate of drug-likeness (QED) is 0.673. The van der Waals surface area contributed by atoms with Crippen molar-refractivity contribution in [3.8, 4) is 5.75 Å². The lowest BCUT2D eigenvalue weighted by atomic mass is 10.1. The third-order valence-electron chi connectivity index (χ3n) is 3.25. The molecule has 0 aliphatic carbocycles. The monoisotopic (exact) mass is 278 g/mol. The molecule has 2 aromatic rings. The van der Waals surface area contributed by atoms with Gasteiger partial charge in [-0.2, -0.15) is 0 Å². The zero-order valence-corrected chi connectivity index (χ0v) is 11.5. The van der Waals surface area contributed by atoms with E-state index in [1.807, 2.05) is 37.3 Å². The third-order valence-corrected chi connectivity index (χ3v) is 3.25. The molecule has 1 N–H and O–H groups in total. The zero-order chi connectivity index (χ0) is 14.8. The number of phenols is 1. The molecule has 1 aliphatic rings. The molecule has 1 heterocycles. The summed E-state index contributed by atoms with van der Waals surface area (Å²) < 4.78 is 5.29. The number of aromatic hydroxyl groups is 1.